The summed E-state index contributed by atoms with van der Waals surface area (Å²) in [7, 11) is 0. The first-order valence-corrected chi connectivity index (χ1v) is 5.14. The molecular weight excluding hydrogens is 232 g/mol. The van der Waals surface area contributed by atoms with Crippen LogP contribution in [0.5, 0.6) is 0 Å². The SMILES string of the molecule is Cc1cccc(Cl)c1C(O)C(O)CC(=O)O. The highest BCUT2D eigenvalue weighted by Crippen LogP contribution is 2.29. The number of carboxylic acids is 1. The van der Waals surface area contributed by atoms with Gasteiger partial charge in [-0.15, -0.1) is 0 Å². The molecule has 5 heteroatoms. The summed E-state index contributed by atoms with van der Waals surface area (Å²) in [4.78, 5) is 10.4. The summed E-state index contributed by atoms with van der Waals surface area (Å²) in [6.45, 7) is 1.73. The lowest BCUT2D eigenvalue weighted by Crippen LogP contribution is -2.22. The lowest BCUT2D eigenvalue weighted by molar-refractivity contribution is -0.141. The first-order valence-electron chi connectivity index (χ1n) is 4.76. The van der Waals surface area contributed by atoms with E-state index in [-0.39, 0.29) is 0 Å². The third-order valence-corrected chi connectivity index (χ3v) is 2.64. The summed E-state index contributed by atoms with van der Waals surface area (Å²) < 4.78 is 0. The van der Waals surface area contributed by atoms with Crippen molar-refractivity contribution in [2.45, 2.75) is 25.6 Å². The summed E-state index contributed by atoms with van der Waals surface area (Å²) >= 11 is 5.89. The summed E-state index contributed by atoms with van der Waals surface area (Å²) in [6.07, 6.45) is -3.17. The molecule has 0 radical (unpaired) electrons. The van der Waals surface area contributed by atoms with E-state index in [1.165, 1.54) is 0 Å². The fourth-order valence-electron chi connectivity index (χ4n) is 1.50. The number of hydrogen-bond donors (Lipinski definition) is 3. The van der Waals surface area contributed by atoms with E-state index in [0.717, 1.165) is 0 Å². The molecule has 0 saturated carbocycles. The van der Waals surface area contributed by atoms with Crippen molar-refractivity contribution in [1.82, 2.24) is 0 Å². The highest BCUT2D eigenvalue weighted by molar-refractivity contribution is 6.31. The van der Waals surface area contributed by atoms with Crippen LogP contribution in [-0.4, -0.2) is 27.4 Å². The van der Waals surface area contributed by atoms with Gasteiger partial charge in [-0.2, -0.15) is 0 Å². The molecule has 2 atom stereocenters. The molecule has 0 heterocycles. The molecule has 0 bridgehead atoms. The number of halogens is 1. The smallest absolute Gasteiger partial charge is 0.306 e. The van der Waals surface area contributed by atoms with Gasteiger partial charge in [-0.3, -0.25) is 4.79 Å². The molecule has 0 spiro atoms. The van der Waals surface area contributed by atoms with Crippen molar-refractivity contribution in [3.05, 3.63) is 34.3 Å². The molecule has 0 aromatic heterocycles. The van der Waals surface area contributed by atoms with E-state index >= 15 is 0 Å². The number of carboxylic acid groups (broad SMARTS) is 1. The van der Waals surface area contributed by atoms with Crippen LogP contribution in [0.15, 0.2) is 18.2 Å². The Hall–Kier alpha value is -1.10. The maximum atomic E-state index is 10.4. The van der Waals surface area contributed by atoms with Gasteiger partial charge in [0.25, 0.3) is 0 Å². The second kappa shape index (κ2) is 5.30. The molecule has 1 aromatic carbocycles. The topological polar surface area (TPSA) is 77.8 Å². The van der Waals surface area contributed by atoms with Crippen LogP contribution in [0.3, 0.4) is 0 Å². The predicted molar refractivity (Wildman–Crippen MR) is 59.4 cm³/mol. The Balaban J connectivity index is 2.95. The van der Waals surface area contributed by atoms with Gasteiger partial charge in [0.2, 0.25) is 0 Å². The normalized spacial score (nSPS) is 14.5. The van der Waals surface area contributed by atoms with Crippen LogP contribution < -0.4 is 0 Å². The maximum Gasteiger partial charge on any atom is 0.306 e. The zero-order chi connectivity index (χ0) is 12.3. The monoisotopic (exact) mass is 244 g/mol. The molecule has 88 valence electrons. The average Bonchev–Trinajstić information content (AvgIpc) is 2.16. The zero-order valence-electron chi connectivity index (χ0n) is 8.72. The molecule has 0 aliphatic heterocycles. The van der Waals surface area contributed by atoms with Crippen molar-refractivity contribution in [1.29, 1.82) is 0 Å². The Morgan fingerprint density at radius 1 is 1.44 bits per heavy atom. The van der Waals surface area contributed by atoms with Crippen molar-refractivity contribution in [2.24, 2.45) is 0 Å². The van der Waals surface area contributed by atoms with Crippen molar-refractivity contribution >= 4 is 17.6 Å². The molecule has 0 saturated heterocycles. The van der Waals surface area contributed by atoms with Gasteiger partial charge in [0.05, 0.1) is 12.5 Å². The lowest BCUT2D eigenvalue weighted by Gasteiger charge is -2.19. The molecule has 0 aliphatic rings. The molecule has 0 fully saturated rings. The number of aliphatic hydroxyl groups excluding tert-OH is 2. The van der Waals surface area contributed by atoms with Crippen molar-refractivity contribution in [3.8, 4) is 0 Å². The van der Waals surface area contributed by atoms with E-state index in [9.17, 15) is 15.0 Å². The molecule has 0 aliphatic carbocycles. The van der Waals surface area contributed by atoms with E-state index < -0.39 is 24.6 Å². The van der Waals surface area contributed by atoms with Crippen LogP contribution >= 0.6 is 11.6 Å². The number of benzene rings is 1. The molecule has 2 unspecified atom stereocenters. The van der Waals surface area contributed by atoms with Crippen LogP contribution in [0.2, 0.25) is 5.02 Å². The number of aliphatic hydroxyl groups is 2. The Labute approximate surface area is 98.1 Å². The van der Waals surface area contributed by atoms with Gasteiger partial charge in [0, 0.05) is 10.6 Å². The number of rotatable bonds is 4. The van der Waals surface area contributed by atoms with Gasteiger partial charge >= 0.3 is 5.97 Å². The maximum absolute atomic E-state index is 10.4. The Kier molecular flexibility index (Phi) is 4.29. The summed E-state index contributed by atoms with van der Waals surface area (Å²) in [5.41, 5.74) is 1.09. The first kappa shape index (κ1) is 13.0. The largest absolute Gasteiger partial charge is 0.481 e. The molecule has 4 nitrogen and oxygen atoms in total. The van der Waals surface area contributed by atoms with E-state index in [1.807, 2.05) is 0 Å². The molecular formula is C11H13ClO4. The molecule has 16 heavy (non-hydrogen) atoms. The van der Waals surface area contributed by atoms with E-state index in [0.29, 0.717) is 16.1 Å². The second-order valence-electron chi connectivity index (χ2n) is 3.58. The standard InChI is InChI=1S/C11H13ClO4/c1-6-3-2-4-7(12)10(6)11(16)8(13)5-9(14)15/h2-4,8,11,13,16H,5H2,1H3,(H,14,15). The third kappa shape index (κ3) is 2.95. The molecule has 3 N–H and O–H groups in total. The molecule has 0 amide bonds. The van der Waals surface area contributed by atoms with Crippen molar-refractivity contribution < 1.29 is 20.1 Å². The summed E-state index contributed by atoms with van der Waals surface area (Å²) in [5.74, 6) is -1.17. The van der Waals surface area contributed by atoms with Gasteiger partial charge in [0.1, 0.15) is 6.10 Å². The van der Waals surface area contributed by atoms with Crippen LogP contribution in [0.1, 0.15) is 23.7 Å². The number of hydrogen-bond acceptors (Lipinski definition) is 3. The average molecular weight is 245 g/mol. The summed E-state index contributed by atoms with van der Waals surface area (Å²) in [5, 5.41) is 28.1. The molecule has 1 aromatic rings. The Morgan fingerprint density at radius 3 is 2.56 bits per heavy atom. The number of carbonyl (C=O) groups is 1. The van der Waals surface area contributed by atoms with Gasteiger partial charge < -0.3 is 15.3 Å². The fourth-order valence-corrected chi connectivity index (χ4v) is 1.84. The highest BCUT2D eigenvalue weighted by Gasteiger charge is 2.24. The van der Waals surface area contributed by atoms with Crippen molar-refractivity contribution in [2.75, 3.05) is 0 Å². The number of aliphatic carboxylic acids is 1. The minimum Gasteiger partial charge on any atom is -0.481 e. The van der Waals surface area contributed by atoms with E-state index in [2.05, 4.69) is 0 Å². The van der Waals surface area contributed by atoms with Crippen molar-refractivity contribution in [3.63, 3.8) is 0 Å². The van der Waals surface area contributed by atoms with Gasteiger partial charge in [-0.25, -0.2) is 0 Å². The van der Waals surface area contributed by atoms with Gasteiger partial charge in [-0.05, 0) is 18.6 Å². The Morgan fingerprint density at radius 2 is 2.06 bits per heavy atom. The lowest BCUT2D eigenvalue weighted by atomic mass is 9.98. The quantitative estimate of drug-likeness (QED) is 0.750. The minimum absolute atomic E-state index is 0.317. The predicted octanol–water partition coefficient (Wildman–Crippen LogP) is 1.52. The summed E-state index contributed by atoms with van der Waals surface area (Å²) in [6, 6.07) is 5.04. The Bertz CT molecular complexity index is 371. The first-order chi connectivity index (χ1) is 7.43. The minimum atomic E-state index is -1.36. The van der Waals surface area contributed by atoms with E-state index in [1.54, 1.807) is 25.1 Å². The second-order valence-corrected chi connectivity index (χ2v) is 3.99. The third-order valence-electron chi connectivity index (χ3n) is 2.31. The van der Waals surface area contributed by atoms with Crippen LogP contribution in [0, 0.1) is 6.92 Å². The van der Waals surface area contributed by atoms with Gasteiger partial charge in [-0.1, -0.05) is 23.7 Å². The van der Waals surface area contributed by atoms with Gasteiger partial charge in [0.15, 0.2) is 0 Å². The van der Waals surface area contributed by atoms with Crippen LogP contribution in [0.25, 0.3) is 0 Å². The zero-order valence-corrected chi connectivity index (χ0v) is 9.48. The highest BCUT2D eigenvalue weighted by atomic mass is 35.5. The fraction of sp³-hybridized carbons (Fsp3) is 0.364. The van der Waals surface area contributed by atoms with Crippen LogP contribution in [-0.2, 0) is 4.79 Å². The van der Waals surface area contributed by atoms with Crippen LogP contribution in [0.4, 0.5) is 0 Å². The number of aryl methyl sites for hydroxylation is 1. The molecule has 1 rings (SSSR count). The van der Waals surface area contributed by atoms with E-state index in [4.69, 9.17) is 16.7 Å².